The number of hydrogen-bond donors (Lipinski definition) is 2. The lowest BCUT2D eigenvalue weighted by molar-refractivity contribution is 0.518. The van der Waals surface area contributed by atoms with Gasteiger partial charge in [0.15, 0.2) is 0 Å². The SMILES string of the molecule is CCCC(S)C(CC)CS. The Balaban J connectivity index is 3.53. The third-order valence-electron chi connectivity index (χ3n) is 1.89. The van der Waals surface area contributed by atoms with E-state index in [1.807, 2.05) is 0 Å². The van der Waals surface area contributed by atoms with E-state index in [-0.39, 0.29) is 0 Å². The van der Waals surface area contributed by atoms with Crippen LogP contribution in [0.25, 0.3) is 0 Å². The molecule has 0 aliphatic carbocycles. The average Bonchev–Trinajstić information content (AvgIpc) is 1.91. The highest BCUT2D eigenvalue weighted by Gasteiger charge is 2.12. The number of thiol groups is 2. The lowest BCUT2D eigenvalue weighted by Crippen LogP contribution is -2.15. The van der Waals surface area contributed by atoms with Crippen molar-refractivity contribution in [1.82, 2.24) is 0 Å². The van der Waals surface area contributed by atoms with Crippen molar-refractivity contribution in [2.45, 2.75) is 38.4 Å². The van der Waals surface area contributed by atoms with Gasteiger partial charge in [0.1, 0.15) is 0 Å². The Labute approximate surface area is 75.6 Å². The molecule has 0 fully saturated rings. The second-order valence-corrected chi connectivity index (χ2v) is 3.74. The van der Waals surface area contributed by atoms with Gasteiger partial charge in [-0.25, -0.2) is 0 Å². The van der Waals surface area contributed by atoms with Gasteiger partial charge in [-0.3, -0.25) is 0 Å². The molecule has 10 heavy (non-hydrogen) atoms. The molecule has 0 aromatic carbocycles. The normalized spacial score (nSPS) is 16.8. The van der Waals surface area contributed by atoms with E-state index in [0.717, 1.165) is 5.75 Å². The van der Waals surface area contributed by atoms with Crippen LogP contribution in [0.2, 0.25) is 0 Å². The Morgan fingerprint density at radius 3 is 2.20 bits per heavy atom. The summed E-state index contributed by atoms with van der Waals surface area (Å²) >= 11 is 8.80. The maximum atomic E-state index is 4.52. The summed E-state index contributed by atoms with van der Waals surface area (Å²) in [6.07, 6.45) is 3.66. The van der Waals surface area contributed by atoms with Crippen LogP contribution in [0.4, 0.5) is 0 Å². The van der Waals surface area contributed by atoms with Gasteiger partial charge >= 0.3 is 0 Å². The molecule has 0 N–H and O–H groups in total. The molecule has 0 heterocycles. The van der Waals surface area contributed by atoms with Gasteiger partial charge < -0.3 is 0 Å². The lowest BCUT2D eigenvalue weighted by atomic mass is 10.0. The molecule has 0 rings (SSSR count). The van der Waals surface area contributed by atoms with E-state index in [0.29, 0.717) is 11.2 Å². The predicted molar refractivity (Wildman–Crippen MR) is 55.3 cm³/mol. The molecule has 0 saturated heterocycles. The summed E-state index contributed by atoms with van der Waals surface area (Å²) in [5.74, 6) is 1.68. The molecular weight excluding hydrogens is 160 g/mol. The van der Waals surface area contributed by atoms with Crippen LogP contribution in [-0.4, -0.2) is 11.0 Å². The number of hydrogen-bond acceptors (Lipinski definition) is 2. The van der Waals surface area contributed by atoms with Gasteiger partial charge in [-0.1, -0.05) is 26.7 Å². The molecule has 0 saturated carbocycles. The first-order valence-electron chi connectivity index (χ1n) is 4.05. The molecule has 0 aromatic heterocycles. The fourth-order valence-electron chi connectivity index (χ4n) is 1.05. The third-order valence-corrected chi connectivity index (χ3v) is 3.04. The molecule has 0 nitrogen and oxygen atoms in total. The molecule has 0 aliphatic rings. The van der Waals surface area contributed by atoms with E-state index >= 15 is 0 Å². The average molecular weight is 178 g/mol. The molecule has 62 valence electrons. The van der Waals surface area contributed by atoms with Crippen LogP contribution in [0.15, 0.2) is 0 Å². The molecule has 0 spiro atoms. The zero-order valence-corrected chi connectivity index (χ0v) is 8.67. The van der Waals surface area contributed by atoms with E-state index in [4.69, 9.17) is 0 Å². The van der Waals surface area contributed by atoms with Gasteiger partial charge in [0.05, 0.1) is 0 Å². The molecular formula is C8H18S2. The summed E-state index contributed by atoms with van der Waals surface area (Å²) < 4.78 is 0. The number of rotatable bonds is 5. The first-order valence-corrected chi connectivity index (χ1v) is 5.20. The third kappa shape index (κ3) is 3.77. The molecule has 0 amide bonds. The quantitative estimate of drug-likeness (QED) is 0.594. The molecule has 2 heteroatoms. The first kappa shape index (κ1) is 10.7. The summed E-state index contributed by atoms with van der Waals surface area (Å²) in [5, 5.41) is 0.562. The highest BCUT2D eigenvalue weighted by Crippen LogP contribution is 2.19. The van der Waals surface area contributed by atoms with E-state index in [2.05, 4.69) is 39.1 Å². The highest BCUT2D eigenvalue weighted by atomic mass is 32.1. The Morgan fingerprint density at radius 2 is 1.90 bits per heavy atom. The summed E-state index contributed by atoms with van der Waals surface area (Å²) in [6, 6.07) is 0. The van der Waals surface area contributed by atoms with Gasteiger partial charge in [0.2, 0.25) is 0 Å². The van der Waals surface area contributed by atoms with Crippen LogP contribution >= 0.6 is 25.3 Å². The van der Waals surface area contributed by atoms with Gasteiger partial charge in [0, 0.05) is 5.25 Å². The van der Waals surface area contributed by atoms with Gasteiger partial charge in [-0.2, -0.15) is 25.3 Å². The van der Waals surface area contributed by atoms with Crippen molar-refractivity contribution in [2.75, 3.05) is 5.75 Å². The van der Waals surface area contributed by atoms with Crippen molar-refractivity contribution in [2.24, 2.45) is 5.92 Å². The summed E-state index contributed by atoms with van der Waals surface area (Å²) in [5.41, 5.74) is 0. The fourth-order valence-corrected chi connectivity index (χ4v) is 2.31. The summed E-state index contributed by atoms with van der Waals surface area (Å²) in [4.78, 5) is 0. The van der Waals surface area contributed by atoms with Crippen molar-refractivity contribution in [3.63, 3.8) is 0 Å². The molecule has 0 aromatic rings. The molecule has 2 unspecified atom stereocenters. The van der Waals surface area contributed by atoms with Crippen LogP contribution in [0, 0.1) is 5.92 Å². The van der Waals surface area contributed by atoms with Crippen LogP contribution in [0.5, 0.6) is 0 Å². The highest BCUT2D eigenvalue weighted by molar-refractivity contribution is 7.81. The second-order valence-electron chi connectivity index (χ2n) is 2.71. The standard InChI is InChI=1S/C8H18S2/c1-3-5-8(10)7(4-2)6-9/h7-10H,3-6H2,1-2H3. The van der Waals surface area contributed by atoms with Crippen molar-refractivity contribution in [3.8, 4) is 0 Å². The fraction of sp³-hybridized carbons (Fsp3) is 1.00. The Bertz CT molecular complexity index is 69.7. The topological polar surface area (TPSA) is 0 Å². The zero-order valence-electron chi connectivity index (χ0n) is 6.88. The monoisotopic (exact) mass is 178 g/mol. The Morgan fingerprint density at radius 1 is 1.30 bits per heavy atom. The molecule has 0 radical (unpaired) electrons. The smallest absolute Gasteiger partial charge is 0.00526 e. The van der Waals surface area contributed by atoms with Crippen molar-refractivity contribution in [3.05, 3.63) is 0 Å². The Hall–Kier alpha value is 0.700. The first-order chi connectivity index (χ1) is 4.76. The molecule has 0 bridgehead atoms. The van der Waals surface area contributed by atoms with E-state index in [1.54, 1.807) is 0 Å². The van der Waals surface area contributed by atoms with Gasteiger partial charge in [0.25, 0.3) is 0 Å². The lowest BCUT2D eigenvalue weighted by Gasteiger charge is -2.18. The van der Waals surface area contributed by atoms with Crippen molar-refractivity contribution in [1.29, 1.82) is 0 Å². The minimum atomic E-state index is 0.562. The van der Waals surface area contributed by atoms with E-state index in [1.165, 1.54) is 19.3 Å². The minimum Gasteiger partial charge on any atom is -0.179 e. The second kappa shape index (κ2) is 6.41. The van der Waals surface area contributed by atoms with Crippen molar-refractivity contribution < 1.29 is 0 Å². The Kier molecular flexibility index (Phi) is 6.86. The summed E-state index contributed by atoms with van der Waals surface area (Å²) in [7, 11) is 0. The van der Waals surface area contributed by atoms with E-state index < -0.39 is 0 Å². The summed E-state index contributed by atoms with van der Waals surface area (Å²) in [6.45, 7) is 4.41. The van der Waals surface area contributed by atoms with Crippen LogP contribution < -0.4 is 0 Å². The van der Waals surface area contributed by atoms with Crippen LogP contribution in [0.3, 0.4) is 0 Å². The zero-order chi connectivity index (χ0) is 7.98. The largest absolute Gasteiger partial charge is 0.179 e. The van der Waals surface area contributed by atoms with Crippen LogP contribution in [-0.2, 0) is 0 Å². The van der Waals surface area contributed by atoms with Gasteiger partial charge in [-0.05, 0) is 18.1 Å². The predicted octanol–water partition coefficient (Wildman–Crippen LogP) is 3.04. The maximum Gasteiger partial charge on any atom is 0.00526 e. The molecule has 2 atom stereocenters. The van der Waals surface area contributed by atoms with Crippen LogP contribution in [0.1, 0.15) is 33.1 Å². The van der Waals surface area contributed by atoms with E-state index in [9.17, 15) is 0 Å². The van der Waals surface area contributed by atoms with Crippen molar-refractivity contribution >= 4 is 25.3 Å². The molecule has 0 aliphatic heterocycles. The minimum absolute atomic E-state index is 0.562. The van der Waals surface area contributed by atoms with Gasteiger partial charge in [-0.15, -0.1) is 0 Å². The maximum absolute atomic E-state index is 4.52.